The van der Waals surface area contributed by atoms with Gasteiger partial charge in [-0.1, -0.05) is 63.6 Å². The zero-order valence-electron chi connectivity index (χ0n) is 29.3. The normalized spacial score (nSPS) is 32.8. The van der Waals surface area contributed by atoms with E-state index >= 15 is 0 Å². The lowest BCUT2D eigenvalue weighted by atomic mass is 9.45. The van der Waals surface area contributed by atoms with Crippen LogP contribution in [-0.4, -0.2) is 75.0 Å². The van der Waals surface area contributed by atoms with E-state index < -0.39 is 71.3 Å². The Hall–Kier alpha value is -3.90. The molecule has 2 amide bonds. The molecule has 272 valence electrons. The van der Waals surface area contributed by atoms with Crippen LogP contribution in [0.2, 0.25) is 0 Å². The molecule has 0 unspecified atom stereocenters. The highest BCUT2D eigenvalue weighted by molar-refractivity contribution is 5.93. The topological polar surface area (TPSA) is 196 Å². The number of carboxylic acid groups (broad SMARTS) is 1. The number of benzene rings is 1. The number of carbonyl (C=O) groups is 6. The second-order valence-corrected chi connectivity index (χ2v) is 15.5. The maximum Gasteiger partial charge on any atom is 0.330 e. The monoisotopic (exact) mass is 694 g/mol. The number of rotatable bonds is 12. The van der Waals surface area contributed by atoms with Crippen LogP contribution in [0.5, 0.6) is 0 Å². The Morgan fingerprint density at radius 1 is 0.980 bits per heavy atom. The number of aliphatic hydroxyl groups is 2. The molecule has 0 aromatic heterocycles. The number of aliphatic hydroxyl groups excluding tert-OH is 1. The standard InChI is InChI=1S/C38H50N2O10/c1-21(2)32(34(46)40-33(35(47)48)22-8-6-5-7-9-22)39-29(44)12-13-30(45)50-20-28(43)38(49)17-15-26-25-11-10-23-18-24(41)14-16-36(23,3)31(25)27(42)19-37(26,38)4/h5-9,18,21,25-27,31-33,42,49H,10-17,19-20H2,1-4H3,(H,39,44)(H,40,46)(H,47,48)/t25-,26+,27-,31-,32-,33-,36-,37-,38-/m0/s1. The molecular weight excluding hydrogens is 644 g/mol. The first-order valence-electron chi connectivity index (χ1n) is 17.7. The smallest absolute Gasteiger partial charge is 0.330 e. The van der Waals surface area contributed by atoms with Crippen molar-refractivity contribution >= 4 is 35.3 Å². The number of ketones is 2. The van der Waals surface area contributed by atoms with E-state index in [4.69, 9.17) is 4.74 Å². The fraction of sp³-hybridized carbons (Fsp3) is 0.632. The number of aliphatic carboxylic acids is 1. The first-order valence-corrected chi connectivity index (χ1v) is 17.7. The number of allylic oxidation sites excluding steroid dienone is 1. The van der Waals surface area contributed by atoms with Crippen molar-refractivity contribution in [3.8, 4) is 0 Å². The lowest BCUT2D eigenvalue weighted by Crippen LogP contribution is -2.62. The second kappa shape index (κ2) is 14.4. The molecule has 0 saturated heterocycles. The number of hydrogen-bond donors (Lipinski definition) is 5. The average molecular weight is 695 g/mol. The zero-order chi connectivity index (χ0) is 36.6. The Bertz CT molecular complexity index is 1560. The Labute approximate surface area is 292 Å². The molecule has 1 aromatic carbocycles. The average Bonchev–Trinajstić information content (AvgIpc) is 3.34. The van der Waals surface area contributed by atoms with Gasteiger partial charge in [-0.05, 0) is 79.3 Å². The molecule has 3 fully saturated rings. The SMILES string of the molecule is CC(C)[C@H](NC(=O)CCC(=O)OCC(=O)[C@@]1(O)CC[C@@H]2[C@@H]3CCC4=CC(=O)CC[C@]4(C)[C@@H]3[C@@H](O)C[C@@]21C)C(=O)N[C@H](C(=O)O)c1ccccc1. The number of amides is 2. The van der Waals surface area contributed by atoms with Crippen LogP contribution in [0, 0.1) is 34.5 Å². The third-order valence-electron chi connectivity index (χ3n) is 12.4. The summed E-state index contributed by atoms with van der Waals surface area (Å²) in [4.78, 5) is 76.0. The summed E-state index contributed by atoms with van der Waals surface area (Å²) in [5, 5.41) is 38.2. The largest absolute Gasteiger partial charge is 0.479 e. The van der Waals surface area contributed by atoms with Gasteiger partial charge in [0.15, 0.2) is 18.4 Å². The Morgan fingerprint density at radius 2 is 1.68 bits per heavy atom. The summed E-state index contributed by atoms with van der Waals surface area (Å²) in [5.74, 6) is -4.35. The number of carboxylic acids is 1. The zero-order valence-corrected chi connectivity index (χ0v) is 29.3. The van der Waals surface area contributed by atoms with Crippen LogP contribution < -0.4 is 10.6 Å². The van der Waals surface area contributed by atoms with E-state index in [1.807, 2.05) is 6.92 Å². The van der Waals surface area contributed by atoms with Crippen molar-refractivity contribution < 1.29 is 48.8 Å². The molecule has 0 heterocycles. The van der Waals surface area contributed by atoms with E-state index in [9.17, 15) is 44.1 Å². The number of hydrogen-bond acceptors (Lipinski definition) is 9. The van der Waals surface area contributed by atoms with E-state index in [2.05, 4.69) is 17.6 Å². The molecule has 0 aliphatic heterocycles. The van der Waals surface area contributed by atoms with Gasteiger partial charge in [0, 0.05) is 18.3 Å². The maximum atomic E-state index is 13.6. The van der Waals surface area contributed by atoms with Crippen LogP contribution in [0.3, 0.4) is 0 Å². The molecule has 4 aliphatic rings. The molecule has 0 radical (unpaired) electrons. The van der Waals surface area contributed by atoms with Gasteiger partial charge in [-0.2, -0.15) is 0 Å². The number of fused-ring (bicyclic) bond motifs is 5. The van der Waals surface area contributed by atoms with Gasteiger partial charge < -0.3 is 30.7 Å². The summed E-state index contributed by atoms with van der Waals surface area (Å²) in [6.07, 6.45) is 3.91. The summed E-state index contributed by atoms with van der Waals surface area (Å²) in [5.41, 5.74) is -1.56. The minimum Gasteiger partial charge on any atom is -0.479 e. The second-order valence-electron chi connectivity index (χ2n) is 15.5. The quantitative estimate of drug-likeness (QED) is 0.203. The number of nitrogens with one attached hydrogen (secondary N) is 2. The van der Waals surface area contributed by atoms with Crippen LogP contribution >= 0.6 is 0 Å². The minimum atomic E-state index is -1.80. The molecule has 1 aromatic rings. The molecule has 5 rings (SSSR count). The van der Waals surface area contributed by atoms with Gasteiger partial charge in [0.25, 0.3) is 0 Å². The van der Waals surface area contributed by atoms with Gasteiger partial charge in [0.2, 0.25) is 17.6 Å². The molecule has 5 N–H and O–H groups in total. The van der Waals surface area contributed by atoms with Gasteiger partial charge in [-0.25, -0.2) is 4.79 Å². The van der Waals surface area contributed by atoms with E-state index in [1.54, 1.807) is 50.3 Å². The molecule has 12 heteroatoms. The van der Waals surface area contributed by atoms with Crippen molar-refractivity contribution in [3.63, 3.8) is 0 Å². The Balaban J connectivity index is 1.14. The van der Waals surface area contributed by atoms with Gasteiger partial charge >= 0.3 is 11.9 Å². The molecular formula is C38H50N2O10. The van der Waals surface area contributed by atoms with Crippen molar-refractivity contribution in [2.75, 3.05) is 6.61 Å². The first-order chi connectivity index (χ1) is 23.5. The molecule has 0 bridgehead atoms. The van der Waals surface area contributed by atoms with E-state index in [1.165, 1.54) is 0 Å². The van der Waals surface area contributed by atoms with Crippen LogP contribution in [0.4, 0.5) is 0 Å². The van der Waals surface area contributed by atoms with Gasteiger partial charge in [-0.15, -0.1) is 0 Å². The number of ether oxygens (including phenoxy) is 1. The number of esters is 1. The van der Waals surface area contributed by atoms with Gasteiger partial charge in [0.1, 0.15) is 11.6 Å². The molecule has 12 nitrogen and oxygen atoms in total. The van der Waals surface area contributed by atoms with Gasteiger partial charge in [0.05, 0.1) is 12.5 Å². The van der Waals surface area contributed by atoms with Crippen LogP contribution in [-0.2, 0) is 33.5 Å². The van der Waals surface area contributed by atoms with Crippen molar-refractivity contribution in [2.45, 2.75) is 109 Å². The van der Waals surface area contributed by atoms with Crippen LogP contribution in [0.1, 0.15) is 97.1 Å². The Morgan fingerprint density at radius 3 is 2.34 bits per heavy atom. The summed E-state index contributed by atoms with van der Waals surface area (Å²) < 4.78 is 5.24. The third kappa shape index (κ3) is 6.88. The van der Waals surface area contributed by atoms with Crippen molar-refractivity contribution in [1.29, 1.82) is 0 Å². The third-order valence-corrected chi connectivity index (χ3v) is 12.4. The van der Waals surface area contributed by atoms with Crippen LogP contribution in [0.25, 0.3) is 0 Å². The summed E-state index contributed by atoms with van der Waals surface area (Å²) >= 11 is 0. The molecule has 4 aliphatic carbocycles. The van der Waals surface area contributed by atoms with E-state index in [-0.39, 0.29) is 54.6 Å². The van der Waals surface area contributed by atoms with Crippen LogP contribution in [0.15, 0.2) is 42.0 Å². The molecule has 3 saturated carbocycles. The highest BCUT2D eigenvalue weighted by Gasteiger charge is 2.68. The molecule has 0 spiro atoms. The predicted molar refractivity (Wildman–Crippen MR) is 180 cm³/mol. The summed E-state index contributed by atoms with van der Waals surface area (Å²) in [6.45, 7) is 6.69. The predicted octanol–water partition coefficient (Wildman–Crippen LogP) is 3.20. The fourth-order valence-corrected chi connectivity index (χ4v) is 9.65. The lowest BCUT2D eigenvalue weighted by Gasteiger charge is -2.60. The highest BCUT2D eigenvalue weighted by atomic mass is 16.5. The maximum absolute atomic E-state index is 13.6. The fourth-order valence-electron chi connectivity index (χ4n) is 9.65. The van der Waals surface area contributed by atoms with Crippen molar-refractivity contribution in [3.05, 3.63) is 47.5 Å². The van der Waals surface area contributed by atoms with E-state index in [0.29, 0.717) is 24.8 Å². The molecule has 50 heavy (non-hydrogen) atoms. The van der Waals surface area contributed by atoms with Crippen molar-refractivity contribution in [1.82, 2.24) is 10.6 Å². The highest BCUT2D eigenvalue weighted by Crippen LogP contribution is 2.67. The number of Topliss-reactive ketones (excluding diaryl/α,β-unsaturated/α-hetero) is 1. The summed E-state index contributed by atoms with van der Waals surface area (Å²) in [6, 6.07) is 5.77. The molecule has 9 atom stereocenters. The summed E-state index contributed by atoms with van der Waals surface area (Å²) in [7, 11) is 0. The van der Waals surface area contributed by atoms with E-state index in [0.717, 1.165) is 18.4 Å². The minimum absolute atomic E-state index is 0.0233. The van der Waals surface area contributed by atoms with Crippen molar-refractivity contribution in [2.24, 2.45) is 34.5 Å². The lowest BCUT2D eigenvalue weighted by molar-refractivity contribution is -0.184. The number of carbonyl (C=O) groups excluding carboxylic acids is 5. The Kier molecular flexibility index (Phi) is 10.7. The van der Waals surface area contributed by atoms with Gasteiger partial charge in [-0.3, -0.25) is 24.0 Å². The first kappa shape index (κ1) is 37.4.